The fourth-order valence-corrected chi connectivity index (χ4v) is 4.62. The molecule has 2 aromatic heterocycles. The van der Waals surface area contributed by atoms with E-state index < -0.39 is 0 Å². The van der Waals surface area contributed by atoms with Crippen LogP contribution >= 0.6 is 23.4 Å². The van der Waals surface area contributed by atoms with Crippen molar-refractivity contribution in [3.8, 4) is 11.6 Å². The lowest BCUT2D eigenvalue weighted by molar-refractivity contribution is 0.0600. The summed E-state index contributed by atoms with van der Waals surface area (Å²) in [6, 6.07) is 17.1. The molecule has 4 aromatic rings. The molecule has 0 fully saturated rings. The van der Waals surface area contributed by atoms with Crippen LogP contribution in [0, 0.1) is 6.92 Å². The topological polar surface area (TPSA) is 53.4 Å². The van der Waals surface area contributed by atoms with Crippen molar-refractivity contribution in [1.82, 2.24) is 9.55 Å². The maximum atomic E-state index is 11.9. The zero-order chi connectivity index (χ0) is 21.3. The van der Waals surface area contributed by atoms with Gasteiger partial charge in [0.25, 0.3) is 0 Å². The number of hydrogen-bond donors (Lipinski definition) is 0. The Kier molecular flexibility index (Phi) is 5.70. The summed E-state index contributed by atoms with van der Waals surface area (Å²) < 4.78 is 12.2. The van der Waals surface area contributed by atoms with Crippen LogP contribution in [0.5, 0.6) is 5.88 Å². The molecular formula is C23H19ClN2O3S. The van der Waals surface area contributed by atoms with Crippen LogP contribution in [-0.4, -0.2) is 29.7 Å². The summed E-state index contributed by atoms with van der Waals surface area (Å²) in [5.74, 6) is 0.202. The van der Waals surface area contributed by atoms with Crippen molar-refractivity contribution in [3.05, 3.63) is 77.1 Å². The van der Waals surface area contributed by atoms with Crippen LogP contribution in [0.1, 0.15) is 16.1 Å². The van der Waals surface area contributed by atoms with Gasteiger partial charge in [0, 0.05) is 32.0 Å². The second kappa shape index (κ2) is 8.42. The highest BCUT2D eigenvalue weighted by Gasteiger charge is 2.18. The molecule has 0 amide bonds. The summed E-state index contributed by atoms with van der Waals surface area (Å²) in [5, 5.41) is 1.73. The predicted molar refractivity (Wildman–Crippen MR) is 119 cm³/mol. The molecule has 0 spiro atoms. The van der Waals surface area contributed by atoms with E-state index in [0.29, 0.717) is 16.5 Å². The fourth-order valence-electron chi connectivity index (χ4n) is 3.37. The Bertz CT molecular complexity index is 1240. The first-order valence-electron chi connectivity index (χ1n) is 9.19. The summed E-state index contributed by atoms with van der Waals surface area (Å²) in [7, 11) is 2.97. The molecule has 0 aliphatic rings. The Labute approximate surface area is 183 Å². The van der Waals surface area contributed by atoms with E-state index in [2.05, 4.69) is 16.5 Å². The van der Waals surface area contributed by atoms with Gasteiger partial charge in [-0.1, -0.05) is 35.5 Å². The minimum Gasteiger partial charge on any atom is -0.481 e. The average molecular weight is 439 g/mol. The highest BCUT2D eigenvalue weighted by Crippen LogP contribution is 2.40. The Balaban J connectivity index is 1.85. The van der Waals surface area contributed by atoms with Gasteiger partial charge in [-0.15, -0.1) is 0 Å². The number of pyridine rings is 1. The van der Waals surface area contributed by atoms with Crippen molar-refractivity contribution in [2.45, 2.75) is 16.7 Å². The van der Waals surface area contributed by atoms with Crippen LogP contribution in [0.15, 0.2) is 70.6 Å². The van der Waals surface area contributed by atoms with Crippen molar-refractivity contribution in [3.63, 3.8) is 0 Å². The van der Waals surface area contributed by atoms with Crippen molar-refractivity contribution < 1.29 is 14.3 Å². The second-order valence-corrected chi connectivity index (χ2v) is 8.11. The summed E-state index contributed by atoms with van der Waals surface area (Å²) in [6.07, 6.45) is 1.78. The average Bonchev–Trinajstić information content (AvgIpc) is 3.04. The molecule has 2 heterocycles. The van der Waals surface area contributed by atoms with E-state index in [0.717, 1.165) is 32.1 Å². The number of ether oxygens (including phenoxy) is 2. The number of aromatic nitrogens is 2. The van der Waals surface area contributed by atoms with Crippen LogP contribution in [0.25, 0.3) is 16.6 Å². The van der Waals surface area contributed by atoms with Gasteiger partial charge >= 0.3 is 5.97 Å². The molecule has 0 aliphatic carbocycles. The molecule has 0 saturated heterocycles. The molecule has 0 aliphatic heterocycles. The van der Waals surface area contributed by atoms with E-state index in [1.807, 2.05) is 48.5 Å². The first-order chi connectivity index (χ1) is 14.5. The van der Waals surface area contributed by atoms with Crippen LogP contribution < -0.4 is 4.74 Å². The summed E-state index contributed by atoms with van der Waals surface area (Å²) in [5.41, 5.74) is 3.47. The van der Waals surface area contributed by atoms with E-state index in [1.54, 1.807) is 31.1 Å². The van der Waals surface area contributed by atoms with Crippen molar-refractivity contribution in [2.75, 3.05) is 14.2 Å². The highest BCUT2D eigenvalue weighted by molar-refractivity contribution is 7.99. The number of halogens is 1. The van der Waals surface area contributed by atoms with Crippen molar-refractivity contribution in [1.29, 1.82) is 0 Å². The number of nitrogens with zero attached hydrogens (tertiary/aromatic N) is 2. The van der Waals surface area contributed by atoms with E-state index in [-0.39, 0.29) is 5.97 Å². The quantitative estimate of drug-likeness (QED) is 0.361. The zero-order valence-electron chi connectivity index (χ0n) is 16.7. The minimum absolute atomic E-state index is 0.354. The highest BCUT2D eigenvalue weighted by atomic mass is 35.5. The molecule has 0 saturated carbocycles. The predicted octanol–water partition coefficient (Wildman–Crippen LogP) is 5.93. The monoisotopic (exact) mass is 438 g/mol. The third kappa shape index (κ3) is 3.76. The number of carbonyl (C=O) groups is 1. The Morgan fingerprint density at radius 2 is 1.93 bits per heavy atom. The SMILES string of the molecule is COC(=O)c1cccc(Sc2c(C)n(-c3ccc(OC)nc3)c3cc(Cl)ccc23)c1. The van der Waals surface area contributed by atoms with Crippen molar-refractivity contribution in [2.24, 2.45) is 0 Å². The maximum Gasteiger partial charge on any atom is 0.337 e. The van der Waals surface area contributed by atoms with Crippen LogP contribution in [0.4, 0.5) is 0 Å². The lowest BCUT2D eigenvalue weighted by atomic mass is 10.2. The molecule has 0 atom stereocenters. The molecule has 7 heteroatoms. The summed E-state index contributed by atoms with van der Waals surface area (Å²) >= 11 is 7.91. The van der Waals surface area contributed by atoms with E-state index >= 15 is 0 Å². The number of benzene rings is 2. The molecule has 5 nitrogen and oxygen atoms in total. The Morgan fingerprint density at radius 1 is 1.10 bits per heavy atom. The van der Waals surface area contributed by atoms with Crippen LogP contribution in [0.2, 0.25) is 5.02 Å². The fraction of sp³-hybridized carbons (Fsp3) is 0.130. The number of esters is 1. The van der Waals surface area contributed by atoms with Gasteiger partial charge in [0.2, 0.25) is 5.88 Å². The smallest absolute Gasteiger partial charge is 0.337 e. The lowest BCUT2D eigenvalue weighted by Crippen LogP contribution is -2.00. The first-order valence-corrected chi connectivity index (χ1v) is 10.4. The van der Waals surface area contributed by atoms with Gasteiger partial charge in [0.05, 0.1) is 37.2 Å². The maximum absolute atomic E-state index is 11.9. The Hall–Kier alpha value is -2.96. The molecule has 152 valence electrons. The number of carbonyl (C=O) groups excluding carboxylic acids is 1. The summed E-state index contributed by atoms with van der Waals surface area (Å²) in [6.45, 7) is 2.06. The van der Waals surface area contributed by atoms with Crippen LogP contribution in [-0.2, 0) is 4.74 Å². The molecule has 4 rings (SSSR count). The number of rotatable bonds is 5. The largest absolute Gasteiger partial charge is 0.481 e. The summed E-state index contributed by atoms with van der Waals surface area (Å²) in [4.78, 5) is 18.3. The molecule has 0 bridgehead atoms. The first kappa shape index (κ1) is 20.3. The minimum atomic E-state index is -0.354. The number of fused-ring (bicyclic) bond motifs is 1. The molecule has 0 radical (unpaired) electrons. The molecule has 2 aromatic carbocycles. The van der Waals surface area contributed by atoms with E-state index in [9.17, 15) is 4.79 Å². The second-order valence-electron chi connectivity index (χ2n) is 6.59. The van der Waals surface area contributed by atoms with Gasteiger partial charge in [-0.3, -0.25) is 0 Å². The third-order valence-corrected chi connectivity index (χ3v) is 6.22. The molecule has 0 N–H and O–H groups in total. The lowest BCUT2D eigenvalue weighted by Gasteiger charge is -2.09. The van der Waals surface area contributed by atoms with Gasteiger partial charge in [0.15, 0.2) is 0 Å². The van der Waals surface area contributed by atoms with Gasteiger partial charge in [-0.25, -0.2) is 9.78 Å². The number of hydrogen-bond acceptors (Lipinski definition) is 5. The zero-order valence-corrected chi connectivity index (χ0v) is 18.3. The van der Waals surface area contributed by atoms with E-state index in [4.69, 9.17) is 21.1 Å². The van der Waals surface area contributed by atoms with Gasteiger partial charge < -0.3 is 14.0 Å². The Morgan fingerprint density at radius 3 is 2.63 bits per heavy atom. The molecule has 30 heavy (non-hydrogen) atoms. The van der Waals surface area contributed by atoms with Crippen LogP contribution in [0.3, 0.4) is 0 Å². The number of methoxy groups -OCH3 is 2. The standard InChI is InChI=1S/C23H19ClN2O3S/c1-14-22(30-18-6-4-5-15(11-18)23(27)29-3)19-9-7-16(24)12-20(19)26(14)17-8-10-21(28-2)25-13-17/h4-13H,1-3H3. The molecule has 0 unspecified atom stereocenters. The molecular weight excluding hydrogens is 420 g/mol. The van der Waals surface area contributed by atoms with Gasteiger partial charge in [-0.2, -0.15) is 0 Å². The van der Waals surface area contributed by atoms with Crippen molar-refractivity contribution >= 4 is 40.2 Å². The van der Waals surface area contributed by atoms with E-state index in [1.165, 1.54) is 7.11 Å². The third-order valence-electron chi connectivity index (χ3n) is 4.77. The van der Waals surface area contributed by atoms with Gasteiger partial charge in [0.1, 0.15) is 0 Å². The van der Waals surface area contributed by atoms with Gasteiger partial charge in [-0.05, 0) is 43.3 Å². The normalized spacial score (nSPS) is 10.9.